The molecule has 0 spiro atoms. The maximum absolute atomic E-state index is 11.9. The molecule has 0 aromatic heterocycles. The van der Waals surface area contributed by atoms with Gasteiger partial charge in [0.1, 0.15) is 5.75 Å². The molecule has 0 bridgehead atoms. The van der Waals surface area contributed by atoms with Crippen molar-refractivity contribution in [2.24, 2.45) is 5.10 Å². The molecular weight excluding hydrogens is 384 g/mol. The standard InChI is InChI=1S/C24H23ClN2O2/c1-24(2,19-9-4-3-5-10-19)20-12-14-21(15-13-20)29-17-23(28)27-26-16-18-8-6-7-11-22(18)25/h3-16H,17H2,1-2H3,(H,27,28). The van der Waals surface area contributed by atoms with Crippen LogP contribution in [-0.2, 0) is 10.2 Å². The number of hydrogen-bond acceptors (Lipinski definition) is 3. The summed E-state index contributed by atoms with van der Waals surface area (Å²) in [4.78, 5) is 11.9. The van der Waals surface area contributed by atoms with E-state index in [1.54, 1.807) is 6.07 Å². The number of nitrogens with one attached hydrogen (secondary N) is 1. The first-order valence-corrected chi connectivity index (χ1v) is 9.70. The Labute approximate surface area is 176 Å². The number of hydrazone groups is 1. The molecule has 0 radical (unpaired) electrons. The van der Waals surface area contributed by atoms with Crippen molar-refractivity contribution in [3.63, 3.8) is 0 Å². The van der Waals surface area contributed by atoms with Crippen LogP contribution in [0.2, 0.25) is 5.02 Å². The Kier molecular flexibility index (Phi) is 6.68. The van der Waals surface area contributed by atoms with E-state index in [2.05, 4.69) is 36.5 Å². The second kappa shape index (κ2) is 9.39. The molecule has 4 nitrogen and oxygen atoms in total. The van der Waals surface area contributed by atoms with E-state index in [-0.39, 0.29) is 17.9 Å². The number of nitrogens with zero attached hydrogens (tertiary/aromatic N) is 1. The van der Waals surface area contributed by atoms with Crippen LogP contribution in [0.25, 0.3) is 0 Å². The predicted molar refractivity (Wildman–Crippen MR) is 118 cm³/mol. The van der Waals surface area contributed by atoms with E-state index >= 15 is 0 Å². The van der Waals surface area contributed by atoms with Gasteiger partial charge in [0.15, 0.2) is 6.61 Å². The predicted octanol–water partition coefficient (Wildman–Crippen LogP) is 5.20. The zero-order chi connectivity index (χ0) is 20.7. The van der Waals surface area contributed by atoms with Gasteiger partial charge < -0.3 is 4.74 Å². The molecule has 0 fully saturated rings. The molecule has 0 aliphatic carbocycles. The highest BCUT2D eigenvalue weighted by Crippen LogP contribution is 2.32. The van der Waals surface area contributed by atoms with Crippen LogP contribution in [0.5, 0.6) is 5.75 Å². The number of benzene rings is 3. The van der Waals surface area contributed by atoms with Gasteiger partial charge in [0.05, 0.1) is 6.21 Å². The first-order chi connectivity index (χ1) is 14.0. The minimum absolute atomic E-state index is 0.120. The Morgan fingerprint density at radius 1 is 0.966 bits per heavy atom. The number of carbonyl (C=O) groups is 1. The van der Waals surface area contributed by atoms with Crippen molar-refractivity contribution in [2.75, 3.05) is 6.61 Å². The lowest BCUT2D eigenvalue weighted by atomic mass is 9.78. The average Bonchev–Trinajstić information content (AvgIpc) is 2.74. The summed E-state index contributed by atoms with van der Waals surface area (Å²) < 4.78 is 5.56. The van der Waals surface area contributed by atoms with Crippen molar-refractivity contribution in [3.05, 3.63) is 101 Å². The van der Waals surface area contributed by atoms with Gasteiger partial charge in [-0.3, -0.25) is 4.79 Å². The fourth-order valence-electron chi connectivity index (χ4n) is 2.92. The Balaban J connectivity index is 1.54. The topological polar surface area (TPSA) is 50.7 Å². The van der Waals surface area contributed by atoms with E-state index in [0.717, 1.165) is 5.56 Å². The SMILES string of the molecule is CC(C)(c1ccccc1)c1ccc(OCC(=O)NN=Cc2ccccc2Cl)cc1. The maximum Gasteiger partial charge on any atom is 0.277 e. The zero-order valence-electron chi connectivity index (χ0n) is 16.4. The van der Waals surface area contributed by atoms with E-state index in [1.165, 1.54) is 17.3 Å². The molecule has 5 heteroatoms. The molecule has 0 aliphatic heterocycles. The average molecular weight is 407 g/mol. The van der Waals surface area contributed by atoms with Gasteiger partial charge >= 0.3 is 0 Å². The molecule has 3 aromatic carbocycles. The highest BCUT2D eigenvalue weighted by atomic mass is 35.5. The normalized spacial score (nSPS) is 11.4. The minimum Gasteiger partial charge on any atom is -0.484 e. The summed E-state index contributed by atoms with van der Waals surface area (Å²) in [5.74, 6) is 0.282. The summed E-state index contributed by atoms with van der Waals surface area (Å²) >= 11 is 6.04. The third-order valence-electron chi connectivity index (χ3n) is 4.74. The number of amides is 1. The highest BCUT2D eigenvalue weighted by Gasteiger charge is 2.22. The molecule has 0 aliphatic rings. The molecule has 0 saturated carbocycles. The molecule has 148 valence electrons. The number of halogens is 1. The summed E-state index contributed by atoms with van der Waals surface area (Å²) in [5.41, 5.74) is 5.45. The van der Waals surface area contributed by atoms with Crippen molar-refractivity contribution < 1.29 is 9.53 Å². The number of rotatable bonds is 7. The van der Waals surface area contributed by atoms with Gasteiger partial charge in [0.25, 0.3) is 5.91 Å². The summed E-state index contributed by atoms with van der Waals surface area (Å²) in [6.07, 6.45) is 1.50. The smallest absolute Gasteiger partial charge is 0.277 e. The van der Waals surface area contributed by atoms with Gasteiger partial charge in [0, 0.05) is 16.0 Å². The minimum atomic E-state index is -0.345. The molecule has 0 saturated heterocycles. The number of hydrogen-bond donors (Lipinski definition) is 1. The van der Waals surface area contributed by atoms with Gasteiger partial charge in [-0.15, -0.1) is 0 Å². The van der Waals surface area contributed by atoms with E-state index in [1.807, 2.05) is 60.7 Å². The molecule has 1 N–H and O–H groups in total. The van der Waals surface area contributed by atoms with E-state index in [0.29, 0.717) is 10.8 Å². The maximum atomic E-state index is 11.9. The van der Waals surface area contributed by atoms with E-state index in [4.69, 9.17) is 16.3 Å². The summed E-state index contributed by atoms with van der Waals surface area (Å²) in [6, 6.07) is 25.4. The van der Waals surface area contributed by atoms with E-state index < -0.39 is 0 Å². The van der Waals surface area contributed by atoms with Gasteiger partial charge in [-0.05, 0) is 29.3 Å². The van der Waals surface area contributed by atoms with Gasteiger partial charge in [0.2, 0.25) is 0 Å². The van der Waals surface area contributed by atoms with Crippen LogP contribution in [0, 0.1) is 0 Å². The Morgan fingerprint density at radius 3 is 2.28 bits per heavy atom. The van der Waals surface area contributed by atoms with Gasteiger partial charge in [-0.1, -0.05) is 86.1 Å². The second-order valence-corrected chi connectivity index (χ2v) is 7.53. The van der Waals surface area contributed by atoms with E-state index in [9.17, 15) is 4.79 Å². The van der Waals surface area contributed by atoms with Crippen LogP contribution in [0.4, 0.5) is 0 Å². The lowest BCUT2D eigenvalue weighted by molar-refractivity contribution is -0.123. The van der Waals surface area contributed by atoms with Crippen LogP contribution in [0.15, 0.2) is 84.0 Å². The van der Waals surface area contributed by atoms with Crippen LogP contribution in [0.1, 0.15) is 30.5 Å². The van der Waals surface area contributed by atoms with Crippen molar-refractivity contribution in [3.8, 4) is 5.75 Å². The quantitative estimate of drug-likeness (QED) is 0.433. The van der Waals surface area contributed by atoms with Crippen LogP contribution < -0.4 is 10.2 Å². The molecule has 3 rings (SSSR count). The van der Waals surface area contributed by atoms with Crippen molar-refractivity contribution >= 4 is 23.7 Å². The molecule has 1 amide bonds. The summed E-state index contributed by atoms with van der Waals surface area (Å²) in [5, 5.41) is 4.48. The Morgan fingerprint density at radius 2 is 1.59 bits per heavy atom. The fraction of sp³-hybridized carbons (Fsp3) is 0.167. The van der Waals surface area contributed by atoms with Crippen molar-refractivity contribution in [1.29, 1.82) is 0 Å². The molecule has 29 heavy (non-hydrogen) atoms. The number of carbonyl (C=O) groups excluding carboxylic acids is 1. The van der Waals surface area contributed by atoms with Gasteiger partial charge in [-0.25, -0.2) is 5.43 Å². The third kappa shape index (κ3) is 5.46. The number of ether oxygens (including phenoxy) is 1. The van der Waals surface area contributed by atoms with Crippen molar-refractivity contribution in [2.45, 2.75) is 19.3 Å². The molecule has 3 aromatic rings. The molecule has 0 heterocycles. The molecular formula is C24H23ClN2O2. The highest BCUT2D eigenvalue weighted by molar-refractivity contribution is 6.33. The molecule has 0 atom stereocenters. The second-order valence-electron chi connectivity index (χ2n) is 7.12. The summed E-state index contributed by atoms with van der Waals surface area (Å²) in [6.45, 7) is 4.24. The van der Waals surface area contributed by atoms with Crippen LogP contribution in [-0.4, -0.2) is 18.7 Å². The van der Waals surface area contributed by atoms with Gasteiger partial charge in [-0.2, -0.15) is 5.10 Å². The van der Waals surface area contributed by atoms with Crippen LogP contribution in [0.3, 0.4) is 0 Å². The largest absolute Gasteiger partial charge is 0.484 e. The third-order valence-corrected chi connectivity index (χ3v) is 5.08. The lowest BCUT2D eigenvalue weighted by Crippen LogP contribution is -2.24. The van der Waals surface area contributed by atoms with Crippen molar-refractivity contribution in [1.82, 2.24) is 5.43 Å². The lowest BCUT2D eigenvalue weighted by Gasteiger charge is -2.26. The fourth-order valence-corrected chi connectivity index (χ4v) is 3.11. The summed E-state index contributed by atoms with van der Waals surface area (Å²) in [7, 11) is 0. The first-order valence-electron chi connectivity index (χ1n) is 9.32. The zero-order valence-corrected chi connectivity index (χ0v) is 17.2. The van der Waals surface area contributed by atoms with Crippen LogP contribution >= 0.6 is 11.6 Å². The Hall–Kier alpha value is -3.11. The molecule has 0 unspecified atom stereocenters. The first kappa shape index (κ1) is 20.6. The Bertz CT molecular complexity index is 983. The monoisotopic (exact) mass is 406 g/mol.